The third kappa shape index (κ3) is 2.43. The standard InChI is InChI=1S/C14H27NO/c1-11-6-3-4-7-12(11)15-13-8-5-9-14(13,2)10-16/h11-13,15-16H,3-10H2,1-2H3. The molecule has 2 rings (SSSR count). The van der Waals surface area contributed by atoms with E-state index in [1.54, 1.807) is 0 Å². The molecule has 2 aliphatic rings. The first kappa shape index (κ1) is 12.4. The van der Waals surface area contributed by atoms with Gasteiger partial charge in [-0.15, -0.1) is 0 Å². The first-order valence-electron chi connectivity index (χ1n) is 7.02. The smallest absolute Gasteiger partial charge is 0.0499 e. The van der Waals surface area contributed by atoms with Crippen LogP contribution in [0.25, 0.3) is 0 Å². The molecule has 0 bridgehead atoms. The molecule has 2 saturated carbocycles. The van der Waals surface area contributed by atoms with Crippen molar-refractivity contribution in [3.63, 3.8) is 0 Å². The maximum Gasteiger partial charge on any atom is 0.0499 e. The lowest BCUT2D eigenvalue weighted by atomic mass is 9.81. The van der Waals surface area contributed by atoms with Gasteiger partial charge in [0.25, 0.3) is 0 Å². The van der Waals surface area contributed by atoms with Crippen LogP contribution >= 0.6 is 0 Å². The number of nitrogens with one attached hydrogen (secondary N) is 1. The number of aliphatic hydroxyl groups is 1. The van der Waals surface area contributed by atoms with Gasteiger partial charge >= 0.3 is 0 Å². The van der Waals surface area contributed by atoms with E-state index >= 15 is 0 Å². The van der Waals surface area contributed by atoms with E-state index in [9.17, 15) is 5.11 Å². The van der Waals surface area contributed by atoms with Crippen molar-refractivity contribution in [2.75, 3.05) is 6.61 Å². The maximum atomic E-state index is 9.55. The number of rotatable bonds is 3. The highest BCUT2D eigenvalue weighted by molar-refractivity contribution is 4.95. The Balaban J connectivity index is 1.93. The summed E-state index contributed by atoms with van der Waals surface area (Å²) in [5, 5.41) is 13.4. The van der Waals surface area contributed by atoms with Gasteiger partial charge in [-0.25, -0.2) is 0 Å². The molecule has 2 N–H and O–H groups in total. The molecule has 0 heterocycles. The van der Waals surface area contributed by atoms with E-state index in [0.717, 1.165) is 5.92 Å². The summed E-state index contributed by atoms with van der Waals surface area (Å²) in [6, 6.07) is 1.24. The lowest BCUT2D eigenvalue weighted by molar-refractivity contribution is 0.103. The summed E-state index contributed by atoms with van der Waals surface area (Å²) in [5.41, 5.74) is 0.136. The normalized spacial score (nSPS) is 44.8. The molecule has 4 unspecified atom stereocenters. The van der Waals surface area contributed by atoms with Crippen LogP contribution in [0.5, 0.6) is 0 Å². The Kier molecular flexibility index (Phi) is 3.91. The average molecular weight is 225 g/mol. The summed E-state index contributed by atoms with van der Waals surface area (Å²) in [5.74, 6) is 0.817. The van der Waals surface area contributed by atoms with Gasteiger partial charge in [-0.05, 0) is 31.6 Å². The van der Waals surface area contributed by atoms with Crippen LogP contribution in [-0.4, -0.2) is 23.8 Å². The fourth-order valence-electron chi connectivity index (χ4n) is 3.53. The van der Waals surface area contributed by atoms with Crippen molar-refractivity contribution in [2.24, 2.45) is 11.3 Å². The molecular formula is C14H27NO. The molecule has 0 aliphatic heterocycles. The van der Waals surface area contributed by atoms with Gasteiger partial charge in [0.2, 0.25) is 0 Å². The second-order valence-corrected chi connectivity index (χ2v) is 6.29. The molecule has 0 amide bonds. The van der Waals surface area contributed by atoms with Gasteiger partial charge in [-0.1, -0.05) is 33.1 Å². The number of hydrogen-bond acceptors (Lipinski definition) is 2. The Morgan fingerprint density at radius 3 is 2.62 bits per heavy atom. The highest BCUT2D eigenvalue weighted by Gasteiger charge is 2.39. The fourth-order valence-corrected chi connectivity index (χ4v) is 3.53. The summed E-state index contributed by atoms with van der Waals surface area (Å²) in [4.78, 5) is 0. The molecule has 2 nitrogen and oxygen atoms in total. The highest BCUT2D eigenvalue weighted by Crippen LogP contribution is 2.38. The van der Waals surface area contributed by atoms with Crippen molar-refractivity contribution in [3.05, 3.63) is 0 Å². The Bertz CT molecular complexity index is 231. The Morgan fingerprint density at radius 1 is 1.19 bits per heavy atom. The molecular weight excluding hydrogens is 198 g/mol. The largest absolute Gasteiger partial charge is 0.396 e. The Labute approximate surface area is 99.8 Å². The molecule has 0 aromatic carbocycles. The molecule has 0 saturated heterocycles. The second-order valence-electron chi connectivity index (χ2n) is 6.29. The maximum absolute atomic E-state index is 9.55. The van der Waals surface area contributed by atoms with Crippen LogP contribution in [0.1, 0.15) is 58.8 Å². The lowest BCUT2D eigenvalue weighted by Crippen LogP contribution is -2.49. The summed E-state index contributed by atoms with van der Waals surface area (Å²) in [6.45, 7) is 4.96. The molecule has 0 radical (unpaired) electrons. The topological polar surface area (TPSA) is 32.3 Å². The van der Waals surface area contributed by atoms with E-state index in [1.807, 2.05) is 0 Å². The zero-order chi connectivity index (χ0) is 11.6. The minimum absolute atomic E-state index is 0.136. The molecule has 4 atom stereocenters. The van der Waals surface area contributed by atoms with Crippen LogP contribution in [0, 0.1) is 11.3 Å². The van der Waals surface area contributed by atoms with Crippen LogP contribution in [0.15, 0.2) is 0 Å². The van der Waals surface area contributed by atoms with E-state index in [-0.39, 0.29) is 5.41 Å². The first-order chi connectivity index (χ1) is 7.65. The van der Waals surface area contributed by atoms with E-state index in [1.165, 1.54) is 44.9 Å². The highest BCUT2D eigenvalue weighted by atomic mass is 16.3. The van der Waals surface area contributed by atoms with Crippen LogP contribution in [-0.2, 0) is 0 Å². The van der Waals surface area contributed by atoms with Crippen LogP contribution in [0.3, 0.4) is 0 Å². The second kappa shape index (κ2) is 5.05. The summed E-state index contributed by atoms with van der Waals surface area (Å²) < 4.78 is 0. The van der Waals surface area contributed by atoms with Crippen molar-refractivity contribution in [1.29, 1.82) is 0 Å². The van der Waals surface area contributed by atoms with Gasteiger partial charge in [-0.3, -0.25) is 0 Å². The summed E-state index contributed by atoms with van der Waals surface area (Å²) in [7, 11) is 0. The van der Waals surface area contributed by atoms with Crippen molar-refractivity contribution in [1.82, 2.24) is 5.32 Å². The van der Waals surface area contributed by atoms with Crippen LogP contribution in [0.4, 0.5) is 0 Å². The molecule has 2 heteroatoms. The third-order valence-electron chi connectivity index (χ3n) is 4.97. The lowest BCUT2D eigenvalue weighted by Gasteiger charge is -2.37. The van der Waals surface area contributed by atoms with Crippen molar-refractivity contribution < 1.29 is 5.11 Å². The average Bonchev–Trinajstić information content (AvgIpc) is 2.65. The van der Waals surface area contributed by atoms with E-state index in [2.05, 4.69) is 19.2 Å². The zero-order valence-electron chi connectivity index (χ0n) is 10.8. The van der Waals surface area contributed by atoms with E-state index in [0.29, 0.717) is 18.7 Å². The first-order valence-corrected chi connectivity index (χ1v) is 7.02. The SMILES string of the molecule is CC1CCCCC1NC1CCCC1(C)CO. The van der Waals surface area contributed by atoms with Crippen LogP contribution < -0.4 is 5.32 Å². The van der Waals surface area contributed by atoms with Gasteiger partial charge < -0.3 is 10.4 Å². The number of hydrogen-bond donors (Lipinski definition) is 2. The predicted molar refractivity (Wildman–Crippen MR) is 67.4 cm³/mol. The minimum Gasteiger partial charge on any atom is -0.396 e. The molecule has 0 spiro atoms. The van der Waals surface area contributed by atoms with Gasteiger partial charge in [0.15, 0.2) is 0 Å². The molecule has 0 aromatic heterocycles. The van der Waals surface area contributed by atoms with Crippen molar-refractivity contribution in [3.8, 4) is 0 Å². The van der Waals surface area contributed by atoms with Gasteiger partial charge in [0, 0.05) is 24.1 Å². The number of aliphatic hydroxyl groups excluding tert-OH is 1. The predicted octanol–water partition coefficient (Wildman–Crippen LogP) is 2.71. The van der Waals surface area contributed by atoms with Crippen molar-refractivity contribution in [2.45, 2.75) is 70.9 Å². The fraction of sp³-hybridized carbons (Fsp3) is 1.00. The van der Waals surface area contributed by atoms with E-state index in [4.69, 9.17) is 0 Å². The van der Waals surface area contributed by atoms with Gasteiger partial charge in [0.05, 0.1) is 0 Å². The zero-order valence-corrected chi connectivity index (χ0v) is 10.8. The Hall–Kier alpha value is -0.0800. The molecule has 94 valence electrons. The quantitative estimate of drug-likeness (QED) is 0.774. The molecule has 16 heavy (non-hydrogen) atoms. The van der Waals surface area contributed by atoms with E-state index < -0.39 is 0 Å². The molecule has 2 aliphatic carbocycles. The summed E-state index contributed by atoms with van der Waals surface area (Å²) in [6.07, 6.45) is 9.20. The van der Waals surface area contributed by atoms with Gasteiger partial charge in [0.1, 0.15) is 0 Å². The molecule has 0 aromatic rings. The van der Waals surface area contributed by atoms with Gasteiger partial charge in [-0.2, -0.15) is 0 Å². The van der Waals surface area contributed by atoms with Crippen LogP contribution in [0.2, 0.25) is 0 Å². The molecule has 2 fully saturated rings. The minimum atomic E-state index is 0.136. The monoisotopic (exact) mass is 225 g/mol. The third-order valence-corrected chi connectivity index (χ3v) is 4.97. The van der Waals surface area contributed by atoms with Crippen molar-refractivity contribution >= 4 is 0 Å². The Morgan fingerprint density at radius 2 is 1.94 bits per heavy atom. The summed E-state index contributed by atoms with van der Waals surface area (Å²) >= 11 is 0.